The maximum absolute atomic E-state index is 12.9. The molecule has 0 fully saturated rings. The van der Waals surface area contributed by atoms with Crippen molar-refractivity contribution in [2.75, 3.05) is 5.32 Å². The minimum Gasteiger partial charge on any atom is -0.430 e. The van der Waals surface area contributed by atoms with Crippen molar-refractivity contribution in [3.63, 3.8) is 0 Å². The van der Waals surface area contributed by atoms with Gasteiger partial charge in [-0.2, -0.15) is 0 Å². The van der Waals surface area contributed by atoms with Crippen LogP contribution in [0.1, 0.15) is 10.4 Å². The summed E-state index contributed by atoms with van der Waals surface area (Å²) >= 11 is 5.58. The summed E-state index contributed by atoms with van der Waals surface area (Å²) < 4.78 is 17.5. The summed E-state index contributed by atoms with van der Waals surface area (Å²) in [4.78, 5) is 22.4. The summed E-state index contributed by atoms with van der Waals surface area (Å²) in [5.74, 6) is -1.05. The molecule has 0 aliphatic carbocycles. The van der Waals surface area contributed by atoms with Gasteiger partial charge in [0.05, 0.1) is 10.6 Å². The number of hydrogen-bond acceptors (Lipinski definition) is 3. The first-order valence-electron chi connectivity index (χ1n) is 4.91. The molecule has 6 heteroatoms. The minimum atomic E-state index is -0.569. The summed E-state index contributed by atoms with van der Waals surface area (Å²) in [5.41, 5.74) is -0.0241. The van der Waals surface area contributed by atoms with Crippen molar-refractivity contribution in [2.45, 2.75) is 0 Å². The van der Waals surface area contributed by atoms with Gasteiger partial charge in [-0.15, -0.1) is 0 Å². The van der Waals surface area contributed by atoms with Gasteiger partial charge < -0.3 is 9.73 Å². The van der Waals surface area contributed by atoms with E-state index in [0.29, 0.717) is 5.69 Å². The Morgan fingerprint density at radius 1 is 1.28 bits per heavy atom. The fourth-order valence-electron chi connectivity index (χ4n) is 1.26. The average Bonchev–Trinajstić information content (AvgIpc) is 2.34. The van der Waals surface area contributed by atoms with Crippen molar-refractivity contribution in [3.8, 4) is 0 Å². The summed E-state index contributed by atoms with van der Waals surface area (Å²) in [5, 5.41) is 2.40. The third kappa shape index (κ3) is 2.75. The highest BCUT2D eigenvalue weighted by Gasteiger charge is 2.08. The smallest absolute Gasteiger partial charge is 0.335 e. The minimum absolute atomic E-state index is 0.0904. The lowest BCUT2D eigenvalue weighted by molar-refractivity contribution is 0.102. The largest absolute Gasteiger partial charge is 0.430 e. The first-order valence-corrected chi connectivity index (χ1v) is 5.29. The van der Waals surface area contributed by atoms with E-state index in [1.165, 1.54) is 18.2 Å². The average molecular weight is 268 g/mol. The van der Waals surface area contributed by atoms with Crippen LogP contribution in [0.2, 0.25) is 5.02 Å². The van der Waals surface area contributed by atoms with E-state index in [-0.39, 0.29) is 10.6 Å². The van der Waals surface area contributed by atoms with Gasteiger partial charge in [0.1, 0.15) is 12.1 Å². The van der Waals surface area contributed by atoms with Gasteiger partial charge in [0.15, 0.2) is 0 Å². The van der Waals surface area contributed by atoms with Gasteiger partial charge in [0.25, 0.3) is 5.91 Å². The van der Waals surface area contributed by atoms with Crippen molar-refractivity contribution in [3.05, 3.63) is 63.4 Å². The molecule has 1 aromatic heterocycles. The number of halogens is 2. The third-order valence-electron chi connectivity index (χ3n) is 2.14. The number of anilines is 1. The van der Waals surface area contributed by atoms with Crippen LogP contribution in [0.25, 0.3) is 0 Å². The summed E-state index contributed by atoms with van der Waals surface area (Å²) in [7, 11) is 0. The normalized spacial score (nSPS) is 10.1. The van der Waals surface area contributed by atoms with E-state index in [9.17, 15) is 14.0 Å². The number of amides is 1. The molecule has 0 atom stereocenters. The quantitative estimate of drug-likeness (QED) is 0.910. The molecule has 0 aliphatic heterocycles. The molecule has 92 valence electrons. The van der Waals surface area contributed by atoms with Gasteiger partial charge in [-0.05, 0) is 24.3 Å². The van der Waals surface area contributed by atoms with Crippen LogP contribution in [0.3, 0.4) is 0 Å². The fourth-order valence-corrected chi connectivity index (χ4v) is 1.44. The predicted molar refractivity (Wildman–Crippen MR) is 64.3 cm³/mol. The zero-order valence-electron chi connectivity index (χ0n) is 8.94. The van der Waals surface area contributed by atoms with E-state index in [2.05, 4.69) is 9.73 Å². The Bertz CT molecular complexity index is 634. The highest BCUT2D eigenvalue weighted by atomic mass is 35.5. The molecule has 0 saturated carbocycles. The SMILES string of the molecule is O=C(Nc1ccc(F)c(Cl)c1)c1ccc(=O)oc1. The zero-order valence-corrected chi connectivity index (χ0v) is 9.70. The van der Waals surface area contributed by atoms with Crippen molar-refractivity contribution < 1.29 is 13.6 Å². The Morgan fingerprint density at radius 3 is 2.67 bits per heavy atom. The number of nitrogens with one attached hydrogen (secondary N) is 1. The molecule has 0 unspecified atom stereocenters. The number of hydrogen-bond donors (Lipinski definition) is 1. The van der Waals surface area contributed by atoms with Crippen LogP contribution in [-0.4, -0.2) is 5.91 Å². The maximum Gasteiger partial charge on any atom is 0.335 e. The predicted octanol–water partition coefficient (Wildman–Crippen LogP) is 2.68. The number of benzene rings is 1. The van der Waals surface area contributed by atoms with Gasteiger partial charge in [0.2, 0.25) is 0 Å². The molecule has 0 saturated heterocycles. The highest BCUT2D eigenvalue weighted by Crippen LogP contribution is 2.19. The molecule has 0 radical (unpaired) electrons. The second-order valence-corrected chi connectivity index (χ2v) is 3.83. The Labute approximate surface area is 106 Å². The molecule has 1 amide bonds. The number of carbonyl (C=O) groups excluding carboxylic acids is 1. The maximum atomic E-state index is 12.9. The molecular weight excluding hydrogens is 261 g/mol. The van der Waals surface area contributed by atoms with Crippen LogP contribution in [-0.2, 0) is 0 Å². The van der Waals surface area contributed by atoms with Crippen molar-refractivity contribution in [2.24, 2.45) is 0 Å². The molecule has 0 spiro atoms. The molecule has 4 nitrogen and oxygen atoms in total. The Morgan fingerprint density at radius 2 is 2.06 bits per heavy atom. The van der Waals surface area contributed by atoms with Gasteiger partial charge in [-0.25, -0.2) is 9.18 Å². The van der Waals surface area contributed by atoms with Crippen LogP contribution in [0.15, 0.2) is 45.8 Å². The zero-order chi connectivity index (χ0) is 13.1. The number of carbonyl (C=O) groups is 1. The number of rotatable bonds is 2. The van der Waals surface area contributed by atoms with Gasteiger partial charge >= 0.3 is 5.63 Å². The molecule has 2 rings (SSSR count). The van der Waals surface area contributed by atoms with Crippen LogP contribution >= 0.6 is 11.6 Å². The third-order valence-corrected chi connectivity index (χ3v) is 2.43. The van der Waals surface area contributed by atoms with Crippen molar-refractivity contribution in [1.29, 1.82) is 0 Å². The van der Waals surface area contributed by atoms with Crippen LogP contribution in [0, 0.1) is 5.82 Å². The Hall–Kier alpha value is -2.14. The lowest BCUT2D eigenvalue weighted by Gasteiger charge is -2.05. The second kappa shape index (κ2) is 5.01. The molecule has 0 bridgehead atoms. The molecular formula is C12H7ClFNO3. The topological polar surface area (TPSA) is 59.3 Å². The molecule has 1 heterocycles. The first kappa shape index (κ1) is 12.3. The van der Waals surface area contributed by atoms with Crippen molar-refractivity contribution >= 4 is 23.2 Å². The van der Waals surface area contributed by atoms with E-state index in [1.807, 2.05) is 0 Å². The fraction of sp³-hybridized carbons (Fsp3) is 0. The molecule has 1 N–H and O–H groups in total. The lowest BCUT2D eigenvalue weighted by Crippen LogP contribution is -2.13. The monoisotopic (exact) mass is 267 g/mol. The lowest BCUT2D eigenvalue weighted by atomic mass is 10.2. The van der Waals surface area contributed by atoms with Crippen molar-refractivity contribution in [1.82, 2.24) is 0 Å². The van der Waals surface area contributed by atoms with E-state index >= 15 is 0 Å². The van der Waals surface area contributed by atoms with Gasteiger partial charge in [-0.3, -0.25) is 4.79 Å². The van der Waals surface area contributed by atoms with E-state index in [1.54, 1.807) is 0 Å². The van der Waals surface area contributed by atoms with E-state index < -0.39 is 17.3 Å². The highest BCUT2D eigenvalue weighted by molar-refractivity contribution is 6.31. The Kier molecular flexibility index (Phi) is 3.43. The van der Waals surface area contributed by atoms with E-state index in [0.717, 1.165) is 18.4 Å². The first-order chi connectivity index (χ1) is 8.56. The molecule has 1 aromatic carbocycles. The Balaban J connectivity index is 2.18. The summed E-state index contributed by atoms with van der Waals surface area (Å²) in [6.45, 7) is 0. The standard InChI is InChI=1S/C12H7ClFNO3/c13-9-5-8(2-3-10(9)14)15-12(17)7-1-4-11(16)18-6-7/h1-6H,(H,15,17). The van der Waals surface area contributed by atoms with Gasteiger partial charge in [0, 0.05) is 11.8 Å². The summed E-state index contributed by atoms with van der Waals surface area (Å²) in [6.07, 6.45) is 1.04. The summed E-state index contributed by atoms with van der Waals surface area (Å²) in [6, 6.07) is 6.26. The molecule has 18 heavy (non-hydrogen) atoms. The van der Waals surface area contributed by atoms with Gasteiger partial charge in [-0.1, -0.05) is 11.6 Å². The second-order valence-electron chi connectivity index (χ2n) is 3.43. The molecule has 0 aliphatic rings. The van der Waals surface area contributed by atoms with E-state index in [4.69, 9.17) is 11.6 Å². The molecule has 2 aromatic rings. The van der Waals surface area contributed by atoms with Crippen LogP contribution < -0.4 is 10.9 Å². The van der Waals surface area contributed by atoms with Crippen LogP contribution in [0.4, 0.5) is 10.1 Å². The van der Waals surface area contributed by atoms with Crippen LogP contribution in [0.5, 0.6) is 0 Å².